The molecular formula is C14H17N3OS. The van der Waals surface area contributed by atoms with E-state index in [1.165, 1.54) is 0 Å². The topological polar surface area (TPSA) is 61.0 Å². The Kier molecular flexibility index (Phi) is 4.27. The van der Waals surface area contributed by atoms with E-state index < -0.39 is 0 Å². The minimum atomic E-state index is 0.488. The molecule has 1 heterocycles. The summed E-state index contributed by atoms with van der Waals surface area (Å²) in [7, 11) is 1.60. The summed E-state index contributed by atoms with van der Waals surface area (Å²) in [5.74, 6) is 0.640. The highest BCUT2D eigenvalue weighted by atomic mass is 32.2. The molecule has 100 valence electrons. The fraction of sp³-hybridized carbons (Fsp3) is 0.286. The molecule has 5 heteroatoms. The van der Waals surface area contributed by atoms with Crippen LogP contribution in [0.25, 0.3) is 11.3 Å². The Morgan fingerprint density at radius 3 is 2.53 bits per heavy atom. The smallest absolute Gasteiger partial charge is 0.151 e. The van der Waals surface area contributed by atoms with Gasteiger partial charge in [0.05, 0.1) is 18.5 Å². The molecule has 0 amide bonds. The minimum Gasteiger partial charge on any atom is -0.494 e. The number of methoxy groups -OCH3 is 1. The maximum atomic E-state index is 5.89. The zero-order chi connectivity index (χ0) is 13.8. The monoisotopic (exact) mass is 275 g/mol. The molecule has 2 rings (SSSR count). The molecule has 0 aliphatic heterocycles. The first-order valence-electron chi connectivity index (χ1n) is 6.05. The number of anilines is 1. The van der Waals surface area contributed by atoms with Crippen LogP contribution in [0.2, 0.25) is 0 Å². The maximum absolute atomic E-state index is 5.89. The molecule has 1 aromatic carbocycles. The summed E-state index contributed by atoms with van der Waals surface area (Å²) in [4.78, 5) is 0. The minimum absolute atomic E-state index is 0.488. The van der Waals surface area contributed by atoms with Crippen LogP contribution < -0.4 is 10.5 Å². The van der Waals surface area contributed by atoms with Crippen LogP contribution in [-0.2, 0) is 0 Å². The Morgan fingerprint density at radius 1 is 1.16 bits per heavy atom. The highest BCUT2D eigenvalue weighted by Gasteiger charge is 2.10. The predicted molar refractivity (Wildman–Crippen MR) is 79.4 cm³/mol. The van der Waals surface area contributed by atoms with Crippen molar-refractivity contribution in [3.05, 3.63) is 30.3 Å². The van der Waals surface area contributed by atoms with Gasteiger partial charge in [-0.25, -0.2) is 0 Å². The Morgan fingerprint density at radius 2 is 1.95 bits per heavy atom. The zero-order valence-corrected chi connectivity index (χ0v) is 12.1. The number of hydrogen-bond donors (Lipinski definition) is 1. The Balaban J connectivity index is 2.35. The lowest BCUT2D eigenvalue weighted by molar-refractivity contribution is 0.418. The van der Waals surface area contributed by atoms with Gasteiger partial charge in [0.1, 0.15) is 5.03 Å². The van der Waals surface area contributed by atoms with Crippen LogP contribution in [0.3, 0.4) is 0 Å². The lowest BCUT2D eigenvalue weighted by Gasteiger charge is -2.10. The largest absolute Gasteiger partial charge is 0.494 e. The van der Waals surface area contributed by atoms with E-state index in [2.05, 4.69) is 24.0 Å². The Hall–Kier alpha value is -1.75. The molecule has 0 atom stereocenters. The molecule has 0 saturated carbocycles. The van der Waals surface area contributed by atoms with Crippen molar-refractivity contribution in [3.63, 3.8) is 0 Å². The first-order valence-corrected chi connectivity index (χ1v) is 6.93. The summed E-state index contributed by atoms with van der Waals surface area (Å²) in [6.45, 7) is 4.25. The number of nitrogen functional groups attached to an aromatic ring is 1. The first-order chi connectivity index (χ1) is 9.11. The number of hydrogen-bond acceptors (Lipinski definition) is 5. The average Bonchev–Trinajstić information content (AvgIpc) is 2.38. The summed E-state index contributed by atoms with van der Waals surface area (Å²) in [6, 6.07) is 9.52. The molecule has 2 N–H and O–H groups in total. The van der Waals surface area contributed by atoms with Crippen molar-refractivity contribution in [1.82, 2.24) is 10.2 Å². The second-order valence-corrected chi connectivity index (χ2v) is 5.95. The quantitative estimate of drug-likeness (QED) is 0.685. The lowest BCUT2D eigenvalue weighted by atomic mass is 10.1. The number of rotatable bonds is 4. The normalized spacial score (nSPS) is 10.7. The van der Waals surface area contributed by atoms with E-state index >= 15 is 0 Å². The summed E-state index contributed by atoms with van der Waals surface area (Å²) < 4.78 is 5.33. The number of nitrogens with zero attached hydrogens (tertiary/aromatic N) is 2. The van der Waals surface area contributed by atoms with Crippen molar-refractivity contribution in [2.24, 2.45) is 0 Å². The van der Waals surface area contributed by atoms with Gasteiger partial charge in [0.15, 0.2) is 5.75 Å². The van der Waals surface area contributed by atoms with Crippen LogP contribution in [0, 0.1) is 0 Å². The van der Waals surface area contributed by atoms with Crippen molar-refractivity contribution in [1.29, 1.82) is 0 Å². The molecule has 0 fully saturated rings. The van der Waals surface area contributed by atoms with E-state index in [-0.39, 0.29) is 0 Å². The van der Waals surface area contributed by atoms with E-state index in [1.807, 2.05) is 24.3 Å². The van der Waals surface area contributed by atoms with E-state index in [0.717, 1.165) is 16.3 Å². The molecule has 0 radical (unpaired) electrons. The number of para-hydroxylation sites is 1. The lowest BCUT2D eigenvalue weighted by Crippen LogP contribution is -1.97. The van der Waals surface area contributed by atoms with Crippen LogP contribution >= 0.6 is 11.8 Å². The third-order valence-electron chi connectivity index (χ3n) is 2.52. The van der Waals surface area contributed by atoms with Crippen molar-refractivity contribution in [2.45, 2.75) is 24.1 Å². The Bertz CT molecular complexity index is 555. The number of benzene rings is 1. The molecular weight excluding hydrogens is 258 g/mol. The molecule has 0 aliphatic carbocycles. The van der Waals surface area contributed by atoms with Gasteiger partial charge < -0.3 is 10.5 Å². The number of aromatic nitrogens is 2. The maximum Gasteiger partial charge on any atom is 0.151 e. The molecule has 19 heavy (non-hydrogen) atoms. The first kappa shape index (κ1) is 13.7. The van der Waals surface area contributed by atoms with E-state index in [0.29, 0.717) is 16.7 Å². The molecule has 2 aromatic rings. The standard InChI is InChI=1S/C14H17N3OS/c1-9(2)19-13-8-7-12(16-17-13)10-5-4-6-11(15)14(10)18-3/h4-9H,15H2,1-3H3. The second kappa shape index (κ2) is 5.93. The van der Waals surface area contributed by atoms with Gasteiger partial charge >= 0.3 is 0 Å². The molecule has 0 spiro atoms. The van der Waals surface area contributed by atoms with Crippen LogP contribution in [0.5, 0.6) is 5.75 Å². The molecule has 4 nitrogen and oxygen atoms in total. The van der Waals surface area contributed by atoms with Crippen molar-refractivity contribution in [2.75, 3.05) is 12.8 Å². The highest BCUT2D eigenvalue weighted by molar-refractivity contribution is 7.99. The van der Waals surface area contributed by atoms with Crippen molar-refractivity contribution >= 4 is 17.4 Å². The summed E-state index contributed by atoms with van der Waals surface area (Å²) in [5.41, 5.74) is 8.11. The van der Waals surface area contributed by atoms with Gasteiger partial charge in [-0.3, -0.25) is 0 Å². The van der Waals surface area contributed by atoms with Gasteiger partial charge in [0.2, 0.25) is 0 Å². The molecule has 1 aromatic heterocycles. The fourth-order valence-electron chi connectivity index (χ4n) is 1.75. The van der Waals surface area contributed by atoms with Gasteiger partial charge in [0.25, 0.3) is 0 Å². The fourth-order valence-corrected chi connectivity index (χ4v) is 2.47. The van der Waals surface area contributed by atoms with Crippen molar-refractivity contribution < 1.29 is 4.74 Å². The second-order valence-electron chi connectivity index (χ2n) is 4.35. The number of ether oxygens (including phenoxy) is 1. The van der Waals surface area contributed by atoms with Crippen molar-refractivity contribution in [3.8, 4) is 17.0 Å². The molecule has 0 bridgehead atoms. The average molecular weight is 275 g/mol. The highest BCUT2D eigenvalue weighted by Crippen LogP contribution is 2.33. The predicted octanol–water partition coefficient (Wildman–Crippen LogP) is 3.23. The molecule has 0 aliphatic rings. The van der Waals surface area contributed by atoms with Crippen LogP contribution in [0.4, 0.5) is 5.69 Å². The van der Waals surface area contributed by atoms with Gasteiger partial charge in [-0.05, 0) is 24.3 Å². The van der Waals surface area contributed by atoms with Gasteiger partial charge in [0, 0.05) is 10.8 Å². The van der Waals surface area contributed by atoms with Gasteiger partial charge in [-0.15, -0.1) is 22.0 Å². The number of nitrogens with two attached hydrogens (primary N) is 1. The SMILES string of the molecule is COc1c(N)cccc1-c1ccc(SC(C)C)nn1. The van der Waals surface area contributed by atoms with Crippen LogP contribution in [0.15, 0.2) is 35.4 Å². The van der Waals surface area contributed by atoms with Crippen LogP contribution in [-0.4, -0.2) is 22.6 Å². The number of thioether (sulfide) groups is 1. The van der Waals surface area contributed by atoms with Crippen LogP contribution in [0.1, 0.15) is 13.8 Å². The molecule has 0 unspecified atom stereocenters. The third kappa shape index (κ3) is 3.17. The third-order valence-corrected chi connectivity index (χ3v) is 3.45. The summed E-state index contributed by atoms with van der Waals surface area (Å²) in [5, 5.41) is 9.87. The summed E-state index contributed by atoms with van der Waals surface area (Å²) >= 11 is 1.69. The Labute approximate surface area is 117 Å². The zero-order valence-electron chi connectivity index (χ0n) is 11.3. The summed E-state index contributed by atoms with van der Waals surface area (Å²) in [6.07, 6.45) is 0. The van der Waals surface area contributed by atoms with Gasteiger partial charge in [-0.1, -0.05) is 19.9 Å². The van der Waals surface area contributed by atoms with Gasteiger partial charge in [-0.2, -0.15) is 0 Å². The van der Waals surface area contributed by atoms with E-state index in [4.69, 9.17) is 10.5 Å². The molecule has 0 saturated heterocycles. The van der Waals surface area contributed by atoms with E-state index in [1.54, 1.807) is 24.9 Å². The van der Waals surface area contributed by atoms with E-state index in [9.17, 15) is 0 Å².